The third-order valence-electron chi connectivity index (χ3n) is 4.84. The summed E-state index contributed by atoms with van der Waals surface area (Å²) in [6.07, 6.45) is 6.17. The van der Waals surface area contributed by atoms with E-state index in [9.17, 15) is 9.90 Å². The summed E-state index contributed by atoms with van der Waals surface area (Å²) in [5.41, 5.74) is -0.463. The molecule has 0 aromatic heterocycles. The molecular formula is C25H34O4. The van der Waals surface area contributed by atoms with Crippen molar-refractivity contribution in [3.8, 4) is 0 Å². The van der Waals surface area contributed by atoms with Crippen LogP contribution in [0.25, 0.3) is 0 Å². The first-order chi connectivity index (χ1) is 13.4. The zero-order chi connectivity index (χ0) is 21.8. The molecule has 4 nitrogen and oxygen atoms in total. The molecule has 158 valence electrons. The monoisotopic (exact) mass is 398 g/mol. The van der Waals surface area contributed by atoms with Gasteiger partial charge in [-0.3, -0.25) is 4.79 Å². The number of hydrogen-bond acceptors (Lipinski definition) is 4. The molecule has 0 spiro atoms. The molecule has 1 aliphatic carbocycles. The van der Waals surface area contributed by atoms with E-state index in [1.54, 1.807) is 30.4 Å². The third-order valence-corrected chi connectivity index (χ3v) is 4.84. The Bertz CT molecular complexity index is 794. The standard InChI is InChI=1S/C25H34O4/c1-17(2)28-22-15-19(13-14-21(26)20-11-9-8-10-12-20)16-23(29-18(3)4)25(22,27)24(5,6)7/h8-18,22,27H,1-7H3. The lowest BCUT2D eigenvalue weighted by Gasteiger charge is -2.47. The maximum Gasteiger partial charge on any atom is 0.185 e. The predicted octanol–water partition coefficient (Wildman–Crippen LogP) is 5.25. The van der Waals surface area contributed by atoms with Crippen LogP contribution in [0.1, 0.15) is 58.8 Å². The maximum absolute atomic E-state index is 12.4. The molecule has 1 aromatic rings. The fourth-order valence-electron chi connectivity index (χ4n) is 3.32. The Labute approximate surface area is 174 Å². The van der Waals surface area contributed by atoms with E-state index in [4.69, 9.17) is 9.47 Å². The van der Waals surface area contributed by atoms with Crippen molar-refractivity contribution in [1.82, 2.24) is 0 Å². The lowest BCUT2D eigenvalue weighted by molar-refractivity contribution is -0.163. The van der Waals surface area contributed by atoms with Crippen molar-refractivity contribution in [3.63, 3.8) is 0 Å². The van der Waals surface area contributed by atoms with Gasteiger partial charge in [0.2, 0.25) is 0 Å². The average Bonchev–Trinajstić information content (AvgIpc) is 2.62. The van der Waals surface area contributed by atoms with Gasteiger partial charge in [-0.05, 0) is 51.5 Å². The molecule has 0 heterocycles. The zero-order valence-electron chi connectivity index (χ0n) is 18.6. The largest absolute Gasteiger partial charge is 0.492 e. The molecule has 1 aromatic carbocycles. The molecule has 0 radical (unpaired) electrons. The molecule has 0 bridgehead atoms. The Hall–Kier alpha value is -2.17. The summed E-state index contributed by atoms with van der Waals surface area (Å²) in [6.45, 7) is 13.6. The molecule has 0 amide bonds. The highest BCUT2D eigenvalue weighted by atomic mass is 16.5. The SMILES string of the molecule is CC(C)OC1=CC(C=CC(=O)c2ccccc2)=CC(OC(C)C)C1(O)C(C)(C)C. The number of carbonyl (C=O) groups excluding carboxylic acids is 1. The van der Waals surface area contributed by atoms with Gasteiger partial charge >= 0.3 is 0 Å². The van der Waals surface area contributed by atoms with Crippen molar-refractivity contribution in [2.45, 2.75) is 72.4 Å². The van der Waals surface area contributed by atoms with Gasteiger partial charge in [-0.1, -0.05) is 57.2 Å². The minimum Gasteiger partial charge on any atom is -0.492 e. The number of carbonyl (C=O) groups is 1. The molecular weight excluding hydrogens is 364 g/mol. The van der Waals surface area contributed by atoms with E-state index >= 15 is 0 Å². The number of allylic oxidation sites excluding steroid dienone is 4. The highest BCUT2D eigenvalue weighted by molar-refractivity contribution is 6.04. The number of aliphatic hydroxyl groups is 1. The van der Waals surface area contributed by atoms with Gasteiger partial charge in [-0.2, -0.15) is 0 Å². The van der Waals surface area contributed by atoms with Gasteiger partial charge in [0, 0.05) is 11.0 Å². The van der Waals surface area contributed by atoms with Crippen LogP contribution in [0.3, 0.4) is 0 Å². The lowest BCUT2D eigenvalue weighted by atomic mass is 9.69. The zero-order valence-corrected chi connectivity index (χ0v) is 18.6. The molecule has 2 atom stereocenters. The first-order valence-electron chi connectivity index (χ1n) is 10.2. The Kier molecular flexibility index (Phi) is 7.25. The van der Waals surface area contributed by atoms with Crippen LogP contribution in [-0.2, 0) is 9.47 Å². The number of ketones is 1. The highest BCUT2D eigenvalue weighted by Crippen LogP contribution is 2.45. The molecule has 4 heteroatoms. The molecule has 0 fully saturated rings. The molecule has 2 rings (SSSR count). The summed E-state index contributed by atoms with van der Waals surface area (Å²) in [4.78, 5) is 12.4. The summed E-state index contributed by atoms with van der Waals surface area (Å²) >= 11 is 0. The Morgan fingerprint density at radius 1 is 1.10 bits per heavy atom. The minimum atomic E-state index is -1.33. The minimum absolute atomic E-state index is 0.0794. The quantitative estimate of drug-likeness (QED) is 0.504. The maximum atomic E-state index is 12.4. The van der Waals surface area contributed by atoms with Gasteiger partial charge in [0.15, 0.2) is 11.4 Å². The fraction of sp³-hybridized carbons (Fsp3) is 0.480. The van der Waals surface area contributed by atoms with Crippen LogP contribution in [0, 0.1) is 5.41 Å². The Morgan fingerprint density at radius 3 is 2.24 bits per heavy atom. The van der Waals surface area contributed by atoms with Crippen molar-refractivity contribution in [2.75, 3.05) is 0 Å². The number of benzene rings is 1. The second-order valence-corrected chi connectivity index (χ2v) is 9.03. The second kappa shape index (κ2) is 9.10. The summed E-state index contributed by atoms with van der Waals surface area (Å²) in [5.74, 6) is 0.379. The van der Waals surface area contributed by atoms with E-state index in [0.717, 1.165) is 5.57 Å². The normalized spacial score (nSPS) is 22.8. The van der Waals surface area contributed by atoms with E-state index < -0.39 is 17.1 Å². The van der Waals surface area contributed by atoms with Crippen molar-refractivity contribution in [2.24, 2.45) is 5.41 Å². The molecule has 29 heavy (non-hydrogen) atoms. The highest BCUT2D eigenvalue weighted by Gasteiger charge is 2.53. The van der Waals surface area contributed by atoms with E-state index in [1.165, 1.54) is 0 Å². The van der Waals surface area contributed by atoms with Crippen LogP contribution in [0.5, 0.6) is 0 Å². The van der Waals surface area contributed by atoms with Gasteiger partial charge in [0.05, 0.1) is 12.2 Å². The summed E-state index contributed by atoms with van der Waals surface area (Å²) in [6, 6.07) is 9.13. The van der Waals surface area contributed by atoms with Crippen LogP contribution in [0.15, 0.2) is 66.0 Å². The van der Waals surface area contributed by atoms with Crippen LogP contribution >= 0.6 is 0 Å². The van der Waals surface area contributed by atoms with Gasteiger partial charge in [0.1, 0.15) is 11.9 Å². The fourth-order valence-corrected chi connectivity index (χ4v) is 3.32. The Morgan fingerprint density at radius 2 is 1.72 bits per heavy atom. The smallest absolute Gasteiger partial charge is 0.185 e. The van der Waals surface area contributed by atoms with Crippen LogP contribution in [-0.4, -0.2) is 34.8 Å². The topological polar surface area (TPSA) is 55.8 Å². The van der Waals surface area contributed by atoms with Crippen molar-refractivity contribution >= 4 is 5.78 Å². The molecule has 0 saturated heterocycles. The number of hydrogen-bond donors (Lipinski definition) is 1. The summed E-state index contributed by atoms with van der Waals surface area (Å²) in [7, 11) is 0. The number of rotatable bonds is 7. The van der Waals surface area contributed by atoms with E-state index in [-0.39, 0.29) is 18.0 Å². The average molecular weight is 399 g/mol. The first-order valence-corrected chi connectivity index (χ1v) is 10.2. The van der Waals surface area contributed by atoms with E-state index in [2.05, 4.69) is 0 Å². The summed E-state index contributed by atoms with van der Waals surface area (Å²) < 4.78 is 12.1. The second-order valence-electron chi connectivity index (χ2n) is 9.03. The molecule has 2 unspecified atom stereocenters. The van der Waals surface area contributed by atoms with Gasteiger partial charge in [-0.15, -0.1) is 0 Å². The third kappa shape index (κ3) is 5.46. The predicted molar refractivity (Wildman–Crippen MR) is 117 cm³/mol. The van der Waals surface area contributed by atoms with Gasteiger partial charge in [-0.25, -0.2) is 0 Å². The van der Waals surface area contributed by atoms with E-state index in [0.29, 0.717) is 11.3 Å². The molecule has 0 saturated carbocycles. The van der Waals surface area contributed by atoms with Crippen LogP contribution in [0.2, 0.25) is 0 Å². The first kappa shape index (κ1) is 23.1. The van der Waals surface area contributed by atoms with Crippen molar-refractivity contribution in [3.05, 3.63) is 71.5 Å². The summed E-state index contributed by atoms with van der Waals surface area (Å²) in [5, 5.41) is 11.7. The van der Waals surface area contributed by atoms with Crippen molar-refractivity contribution in [1.29, 1.82) is 0 Å². The van der Waals surface area contributed by atoms with Gasteiger partial charge < -0.3 is 14.6 Å². The molecule has 1 aliphatic rings. The lowest BCUT2D eigenvalue weighted by Crippen LogP contribution is -2.57. The molecule has 1 N–H and O–H groups in total. The van der Waals surface area contributed by atoms with Crippen molar-refractivity contribution < 1.29 is 19.4 Å². The molecule has 0 aliphatic heterocycles. The van der Waals surface area contributed by atoms with Crippen LogP contribution < -0.4 is 0 Å². The van der Waals surface area contributed by atoms with Crippen LogP contribution in [0.4, 0.5) is 0 Å². The number of ether oxygens (including phenoxy) is 2. The Balaban J connectivity index is 2.44. The van der Waals surface area contributed by atoms with E-state index in [1.807, 2.05) is 72.7 Å². The van der Waals surface area contributed by atoms with Gasteiger partial charge in [0.25, 0.3) is 0 Å².